The lowest BCUT2D eigenvalue weighted by molar-refractivity contribution is -0.140. The predicted octanol–water partition coefficient (Wildman–Crippen LogP) is 3.14. The molecule has 0 aliphatic rings. The van der Waals surface area contributed by atoms with Gasteiger partial charge in [-0.2, -0.15) is 0 Å². The maximum Gasteiger partial charge on any atom is 0.333 e. The first kappa shape index (κ1) is 20.2. The molecule has 1 aromatic rings. The van der Waals surface area contributed by atoms with Gasteiger partial charge in [0, 0.05) is 5.57 Å². The highest BCUT2D eigenvalue weighted by Gasteiger charge is 2.05. The highest BCUT2D eigenvalue weighted by atomic mass is 16.6. The minimum atomic E-state index is -0.395. The molecule has 1 rings (SSSR count). The lowest BCUT2D eigenvalue weighted by Gasteiger charge is -2.13. The quantitative estimate of drug-likeness (QED) is 0.353. The fraction of sp³-hybridized carbons (Fsp3) is 0.526. The topological polar surface area (TPSA) is 54.0 Å². The van der Waals surface area contributed by atoms with Crippen LogP contribution in [0.25, 0.3) is 0 Å². The summed E-state index contributed by atoms with van der Waals surface area (Å²) in [5.41, 5.74) is 3.90. The van der Waals surface area contributed by atoms with E-state index in [1.54, 1.807) is 6.92 Å². The number of hydrogen-bond acceptors (Lipinski definition) is 5. The van der Waals surface area contributed by atoms with Crippen LogP contribution in [-0.4, -0.2) is 45.6 Å². The van der Waals surface area contributed by atoms with E-state index in [0.29, 0.717) is 38.6 Å². The molecule has 0 radical (unpaired) electrons. The van der Waals surface area contributed by atoms with Gasteiger partial charge in [-0.15, -0.1) is 0 Å². The summed E-state index contributed by atoms with van der Waals surface area (Å²) in [4.78, 5) is 11.1. The van der Waals surface area contributed by atoms with Crippen LogP contribution in [0, 0.1) is 20.8 Å². The van der Waals surface area contributed by atoms with Crippen LogP contribution in [0.15, 0.2) is 24.3 Å². The first-order valence-electron chi connectivity index (χ1n) is 8.10. The lowest BCUT2D eigenvalue weighted by Crippen LogP contribution is -2.14. The van der Waals surface area contributed by atoms with Crippen molar-refractivity contribution in [1.29, 1.82) is 0 Å². The van der Waals surface area contributed by atoms with Crippen molar-refractivity contribution in [2.45, 2.75) is 27.7 Å². The molecule has 0 N–H and O–H groups in total. The van der Waals surface area contributed by atoms with E-state index in [9.17, 15) is 4.79 Å². The number of ether oxygens (including phenoxy) is 4. The second-order valence-electron chi connectivity index (χ2n) is 5.72. The predicted molar refractivity (Wildman–Crippen MR) is 93.6 cm³/mol. The molecular formula is C19H28O5. The molecule has 0 amide bonds. The molecule has 1 aromatic carbocycles. The Morgan fingerprint density at radius 2 is 1.42 bits per heavy atom. The van der Waals surface area contributed by atoms with Gasteiger partial charge in [0.05, 0.1) is 26.4 Å². The summed E-state index contributed by atoms with van der Waals surface area (Å²) in [6.07, 6.45) is 0. The van der Waals surface area contributed by atoms with Crippen molar-refractivity contribution in [3.05, 3.63) is 41.0 Å². The Labute approximate surface area is 144 Å². The molecule has 0 bridgehead atoms. The van der Waals surface area contributed by atoms with Crippen LogP contribution in [0.2, 0.25) is 0 Å². The van der Waals surface area contributed by atoms with Crippen LogP contribution in [0.1, 0.15) is 23.6 Å². The molecule has 0 fully saturated rings. The number of rotatable bonds is 11. The van der Waals surface area contributed by atoms with Crippen LogP contribution < -0.4 is 4.74 Å². The molecule has 0 saturated carbocycles. The molecule has 0 unspecified atom stereocenters. The zero-order chi connectivity index (χ0) is 17.9. The average molecular weight is 336 g/mol. The van der Waals surface area contributed by atoms with Gasteiger partial charge in [0.2, 0.25) is 0 Å². The van der Waals surface area contributed by atoms with Crippen LogP contribution in [0.4, 0.5) is 0 Å². The number of carbonyl (C=O) groups excluding carboxylic acids is 1. The molecule has 0 aromatic heterocycles. The largest absolute Gasteiger partial charge is 0.491 e. The zero-order valence-corrected chi connectivity index (χ0v) is 15.1. The van der Waals surface area contributed by atoms with Gasteiger partial charge < -0.3 is 18.9 Å². The van der Waals surface area contributed by atoms with E-state index in [1.165, 1.54) is 5.56 Å². The third-order valence-corrected chi connectivity index (χ3v) is 3.26. The monoisotopic (exact) mass is 336 g/mol. The number of aryl methyl sites for hydroxylation is 3. The fourth-order valence-electron chi connectivity index (χ4n) is 2.24. The molecule has 0 heterocycles. The minimum absolute atomic E-state index is 0.223. The van der Waals surface area contributed by atoms with Gasteiger partial charge >= 0.3 is 5.97 Å². The molecule has 5 heteroatoms. The average Bonchev–Trinajstić information content (AvgIpc) is 2.50. The Balaban J connectivity index is 2.03. The molecule has 0 aliphatic carbocycles. The smallest absolute Gasteiger partial charge is 0.333 e. The second kappa shape index (κ2) is 10.8. The normalized spacial score (nSPS) is 10.5. The summed E-state index contributed by atoms with van der Waals surface area (Å²) in [5.74, 6) is 0.536. The molecular weight excluding hydrogens is 308 g/mol. The molecule has 5 nitrogen and oxygen atoms in total. The Morgan fingerprint density at radius 1 is 0.917 bits per heavy atom. The van der Waals surface area contributed by atoms with Crippen molar-refractivity contribution < 1.29 is 23.7 Å². The van der Waals surface area contributed by atoms with E-state index in [2.05, 4.69) is 25.6 Å². The van der Waals surface area contributed by atoms with Crippen molar-refractivity contribution in [3.63, 3.8) is 0 Å². The van der Waals surface area contributed by atoms with Crippen molar-refractivity contribution in [2.75, 3.05) is 39.6 Å². The van der Waals surface area contributed by atoms with Crippen LogP contribution in [0.5, 0.6) is 5.75 Å². The summed E-state index contributed by atoms with van der Waals surface area (Å²) in [7, 11) is 0. The zero-order valence-electron chi connectivity index (χ0n) is 15.1. The van der Waals surface area contributed by atoms with Gasteiger partial charge in [-0.25, -0.2) is 4.79 Å². The number of hydrogen-bond donors (Lipinski definition) is 0. The van der Waals surface area contributed by atoms with Crippen molar-refractivity contribution in [3.8, 4) is 5.75 Å². The van der Waals surface area contributed by atoms with Gasteiger partial charge in [0.15, 0.2) is 0 Å². The summed E-state index contributed by atoms with van der Waals surface area (Å²) < 4.78 is 21.4. The number of benzene rings is 1. The van der Waals surface area contributed by atoms with Crippen molar-refractivity contribution >= 4 is 5.97 Å². The second-order valence-corrected chi connectivity index (χ2v) is 5.72. The number of carbonyl (C=O) groups is 1. The first-order valence-corrected chi connectivity index (χ1v) is 8.10. The molecule has 0 aliphatic heterocycles. The van der Waals surface area contributed by atoms with E-state index in [1.807, 2.05) is 13.8 Å². The lowest BCUT2D eigenvalue weighted by atomic mass is 10.1. The highest BCUT2D eigenvalue weighted by Crippen LogP contribution is 2.24. The summed E-state index contributed by atoms with van der Waals surface area (Å²) in [5, 5.41) is 0. The Kier molecular flexibility index (Phi) is 9.12. The summed E-state index contributed by atoms with van der Waals surface area (Å²) in [6.45, 7) is 13.8. The molecule has 0 spiro atoms. The summed E-state index contributed by atoms with van der Waals surface area (Å²) in [6, 6.07) is 4.22. The molecule has 0 saturated heterocycles. The van der Waals surface area contributed by atoms with Gasteiger partial charge in [-0.1, -0.05) is 24.3 Å². The van der Waals surface area contributed by atoms with Gasteiger partial charge in [0.25, 0.3) is 0 Å². The maximum absolute atomic E-state index is 11.1. The third kappa shape index (κ3) is 7.62. The molecule has 24 heavy (non-hydrogen) atoms. The Hall–Kier alpha value is -1.85. The standard InChI is InChI=1S/C19H28O5/c1-14(2)19(20)24-11-9-22-7-6-21-8-10-23-18-16(4)12-15(3)13-17(18)5/h12-13H,1,6-11H2,2-5H3. The van der Waals surface area contributed by atoms with E-state index < -0.39 is 5.97 Å². The SMILES string of the molecule is C=C(C)C(=O)OCCOCCOCCOc1c(C)cc(C)cc1C. The Morgan fingerprint density at radius 3 is 1.96 bits per heavy atom. The Bertz CT molecular complexity index is 528. The van der Waals surface area contributed by atoms with E-state index >= 15 is 0 Å². The summed E-state index contributed by atoms with van der Waals surface area (Å²) >= 11 is 0. The molecule has 134 valence electrons. The highest BCUT2D eigenvalue weighted by molar-refractivity contribution is 5.86. The van der Waals surface area contributed by atoms with Crippen LogP contribution in [0.3, 0.4) is 0 Å². The van der Waals surface area contributed by atoms with E-state index in [-0.39, 0.29) is 6.61 Å². The van der Waals surface area contributed by atoms with Crippen LogP contribution >= 0.6 is 0 Å². The van der Waals surface area contributed by atoms with Crippen molar-refractivity contribution in [2.24, 2.45) is 0 Å². The van der Waals surface area contributed by atoms with Gasteiger partial charge in [0.1, 0.15) is 19.0 Å². The van der Waals surface area contributed by atoms with Crippen molar-refractivity contribution in [1.82, 2.24) is 0 Å². The number of esters is 1. The minimum Gasteiger partial charge on any atom is -0.491 e. The van der Waals surface area contributed by atoms with E-state index in [4.69, 9.17) is 18.9 Å². The first-order chi connectivity index (χ1) is 11.4. The van der Waals surface area contributed by atoms with E-state index in [0.717, 1.165) is 16.9 Å². The maximum atomic E-state index is 11.1. The van der Waals surface area contributed by atoms with Crippen LogP contribution in [-0.2, 0) is 19.0 Å². The fourth-order valence-corrected chi connectivity index (χ4v) is 2.24. The van der Waals surface area contributed by atoms with Gasteiger partial charge in [-0.3, -0.25) is 0 Å². The van der Waals surface area contributed by atoms with Gasteiger partial charge in [-0.05, 0) is 38.8 Å². The molecule has 0 atom stereocenters. The third-order valence-electron chi connectivity index (χ3n) is 3.26.